The average Bonchev–Trinajstić information content (AvgIpc) is 2.66. The Hall–Kier alpha value is -0.220. The number of alkyl halides is 2. The standard InChI is InChI=1S/C14H24F2.C2H6.2H2O/c1-10-13(15)8-12(9-14(10)16)11-6-4-2-3-5-7-11;1-2;;/h10-14H,2-9H2,1H3;1-2H3;2*1H2. The van der Waals surface area contributed by atoms with Crippen LogP contribution in [0.5, 0.6) is 0 Å². The third-order valence-electron chi connectivity index (χ3n) is 4.76. The highest BCUT2D eigenvalue weighted by molar-refractivity contribution is 4.87. The van der Waals surface area contributed by atoms with E-state index in [2.05, 4.69) is 0 Å². The summed E-state index contributed by atoms with van der Waals surface area (Å²) in [5.41, 5.74) is 0. The van der Waals surface area contributed by atoms with Crippen molar-refractivity contribution >= 4 is 0 Å². The van der Waals surface area contributed by atoms with Crippen LogP contribution in [0, 0.1) is 17.8 Å². The smallest absolute Gasteiger partial charge is 0.106 e. The van der Waals surface area contributed by atoms with Gasteiger partial charge in [0.2, 0.25) is 0 Å². The average molecular weight is 296 g/mol. The van der Waals surface area contributed by atoms with Crippen LogP contribution in [-0.4, -0.2) is 23.3 Å². The molecule has 4 N–H and O–H groups in total. The van der Waals surface area contributed by atoms with E-state index in [9.17, 15) is 8.78 Å². The van der Waals surface area contributed by atoms with E-state index in [1.807, 2.05) is 13.8 Å². The molecule has 0 amide bonds. The molecule has 4 heteroatoms. The Kier molecular flexibility index (Phi) is 12.6. The lowest BCUT2D eigenvalue weighted by Crippen LogP contribution is -2.36. The third-order valence-corrected chi connectivity index (χ3v) is 4.76. The van der Waals surface area contributed by atoms with E-state index in [1.54, 1.807) is 6.92 Å². The highest BCUT2D eigenvalue weighted by Crippen LogP contribution is 2.41. The summed E-state index contributed by atoms with van der Waals surface area (Å²) in [6.07, 6.45) is 7.01. The molecule has 2 nitrogen and oxygen atoms in total. The van der Waals surface area contributed by atoms with Crippen molar-refractivity contribution in [3.63, 3.8) is 0 Å². The Balaban J connectivity index is 0. The van der Waals surface area contributed by atoms with Crippen molar-refractivity contribution in [1.82, 2.24) is 0 Å². The predicted molar refractivity (Wildman–Crippen MR) is 81.4 cm³/mol. The first-order chi connectivity index (χ1) is 8.68. The minimum Gasteiger partial charge on any atom is -0.412 e. The molecular weight excluding hydrogens is 262 g/mol. The van der Waals surface area contributed by atoms with E-state index in [-0.39, 0.29) is 16.9 Å². The second kappa shape index (κ2) is 11.4. The molecular formula is C16H34F2O2. The maximum Gasteiger partial charge on any atom is 0.106 e. The quantitative estimate of drug-likeness (QED) is 0.655. The Morgan fingerprint density at radius 2 is 1.10 bits per heavy atom. The van der Waals surface area contributed by atoms with Gasteiger partial charge >= 0.3 is 0 Å². The number of hydrogen-bond donors (Lipinski definition) is 0. The molecule has 0 radical (unpaired) electrons. The van der Waals surface area contributed by atoms with Gasteiger partial charge < -0.3 is 11.0 Å². The molecule has 124 valence electrons. The van der Waals surface area contributed by atoms with Crippen LogP contribution in [0.3, 0.4) is 0 Å². The monoisotopic (exact) mass is 296 g/mol. The molecule has 0 aromatic heterocycles. The summed E-state index contributed by atoms with van der Waals surface area (Å²) >= 11 is 0. The minimum atomic E-state index is -0.906. The summed E-state index contributed by atoms with van der Waals surface area (Å²) in [6, 6.07) is 0. The summed E-state index contributed by atoms with van der Waals surface area (Å²) in [5, 5.41) is 0. The summed E-state index contributed by atoms with van der Waals surface area (Å²) in [6.45, 7) is 5.72. The lowest BCUT2D eigenvalue weighted by molar-refractivity contribution is 0.0311. The van der Waals surface area contributed by atoms with Gasteiger partial charge in [0.15, 0.2) is 0 Å². The summed E-state index contributed by atoms with van der Waals surface area (Å²) < 4.78 is 27.4. The number of rotatable bonds is 1. The van der Waals surface area contributed by atoms with E-state index in [0.29, 0.717) is 24.7 Å². The lowest BCUT2D eigenvalue weighted by Gasteiger charge is -2.36. The first-order valence-corrected chi connectivity index (χ1v) is 7.96. The molecule has 2 fully saturated rings. The van der Waals surface area contributed by atoms with Gasteiger partial charge in [-0.25, -0.2) is 8.78 Å². The summed E-state index contributed by atoms with van der Waals surface area (Å²) in [7, 11) is 0. The van der Waals surface area contributed by atoms with Crippen LogP contribution in [0.1, 0.15) is 72.1 Å². The van der Waals surface area contributed by atoms with Crippen LogP contribution in [-0.2, 0) is 0 Å². The van der Waals surface area contributed by atoms with Crippen molar-refractivity contribution in [2.75, 3.05) is 0 Å². The fourth-order valence-electron chi connectivity index (χ4n) is 3.50. The Morgan fingerprint density at radius 3 is 1.50 bits per heavy atom. The van der Waals surface area contributed by atoms with Gasteiger partial charge in [-0.2, -0.15) is 0 Å². The molecule has 2 rings (SSSR count). The second-order valence-electron chi connectivity index (χ2n) is 5.87. The molecule has 0 saturated heterocycles. The molecule has 2 saturated carbocycles. The van der Waals surface area contributed by atoms with Crippen LogP contribution in [0.25, 0.3) is 0 Å². The fourth-order valence-corrected chi connectivity index (χ4v) is 3.50. The van der Waals surface area contributed by atoms with E-state index in [0.717, 1.165) is 0 Å². The van der Waals surface area contributed by atoms with Crippen molar-refractivity contribution in [2.45, 2.75) is 84.5 Å². The first-order valence-electron chi connectivity index (χ1n) is 7.96. The van der Waals surface area contributed by atoms with Crippen LogP contribution in [0.2, 0.25) is 0 Å². The van der Waals surface area contributed by atoms with Gasteiger partial charge in [0.05, 0.1) is 0 Å². The van der Waals surface area contributed by atoms with Gasteiger partial charge in [-0.15, -0.1) is 0 Å². The van der Waals surface area contributed by atoms with Gasteiger partial charge in [-0.1, -0.05) is 59.3 Å². The van der Waals surface area contributed by atoms with Crippen LogP contribution < -0.4 is 0 Å². The van der Waals surface area contributed by atoms with E-state index in [1.165, 1.54) is 38.5 Å². The molecule has 0 heterocycles. The Bertz CT molecular complexity index is 207. The lowest BCUT2D eigenvalue weighted by atomic mass is 9.72. The zero-order valence-electron chi connectivity index (χ0n) is 13.3. The molecule has 2 aliphatic carbocycles. The van der Waals surface area contributed by atoms with Crippen molar-refractivity contribution < 1.29 is 19.7 Å². The van der Waals surface area contributed by atoms with Gasteiger partial charge in [0.1, 0.15) is 12.3 Å². The Morgan fingerprint density at radius 1 is 0.700 bits per heavy atom. The van der Waals surface area contributed by atoms with Gasteiger partial charge in [0, 0.05) is 5.92 Å². The molecule has 0 aromatic rings. The maximum atomic E-state index is 13.7. The van der Waals surface area contributed by atoms with Crippen LogP contribution >= 0.6 is 0 Å². The van der Waals surface area contributed by atoms with Crippen molar-refractivity contribution in [3.8, 4) is 0 Å². The van der Waals surface area contributed by atoms with Crippen molar-refractivity contribution in [3.05, 3.63) is 0 Å². The van der Waals surface area contributed by atoms with Crippen LogP contribution in [0.4, 0.5) is 8.78 Å². The first kappa shape index (κ1) is 22.1. The predicted octanol–water partition coefficient (Wildman–Crippen LogP) is 4.06. The molecule has 0 aliphatic heterocycles. The molecule has 2 unspecified atom stereocenters. The van der Waals surface area contributed by atoms with Crippen LogP contribution in [0.15, 0.2) is 0 Å². The topological polar surface area (TPSA) is 63.0 Å². The third kappa shape index (κ3) is 6.04. The molecule has 0 bridgehead atoms. The molecule has 20 heavy (non-hydrogen) atoms. The van der Waals surface area contributed by atoms with Gasteiger partial charge in [-0.3, -0.25) is 0 Å². The molecule has 2 aliphatic rings. The molecule has 0 aromatic carbocycles. The zero-order valence-corrected chi connectivity index (χ0v) is 13.3. The maximum absolute atomic E-state index is 13.7. The minimum absolute atomic E-state index is 0. The van der Waals surface area contributed by atoms with Crippen molar-refractivity contribution in [2.24, 2.45) is 17.8 Å². The van der Waals surface area contributed by atoms with Gasteiger partial charge in [0.25, 0.3) is 0 Å². The summed E-state index contributed by atoms with van der Waals surface area (Å²) in [5.74, 6) is 0.549. The van der Waals surface area contributed by atoms with E-state index < -0.39 is 12.3 Å². The normalized spacial score (nSPS) is 34.6. The molecule has 2 atom stereocenters. The highest BCUT2D eigenvalue weighted by atomic mass is 19.1. The summed E-state index contributed by atoms with van der Waals surface area (Å²) in [4.78, 5) is 0. The number of halogens is 2. The fraction of sp³-hybridized carbons (Fsp3) is 1.00. The second-order valence-corrected chi connectivity index (χ2v) is 5.87. The van der Waals surface area contributed by atoms with Crippen molar-refractivity contribution in [1.29, 1.82) is 0 Å². The zero-order chi connectivity index (χ0) is 13.5. The highest BCUT2D eigenvalue weighted by Gasteiger charge is 2.38. The number of hydrogen-bond acceptors (Lipinski definition) is 0. The Labute approximate surface area is 123 Å². The van der Waals surface area contributed by atoms with E-state index in [4.69, 9.17) is 0 Å². The van der Waals surface area contributed by atoms with Gasteiger partial charge in [-0.05, 0) is 24.7 Å². The largest absolute Gasteiger partial charge is 0.412 e. The molecule has 0 spiro atoms. The SMILES string of the molecule is CC.CC1C(F)CC(C2CCCCCC2)CC1F.O.O. The van der Waals surface area contributed by atoms with E-state index >= 15 is 0 Å².